The van der Waals surface area contributed by atoms with E-state index in [1.54, 1.807) is 24.5 Å². The maximum atomic E-state index is 14.0. The van der Waals surface area contributed by atoms with Gasteiger partial charge in [0.05, 0.1) is 20.8 Å². The van der Waals surface area contributed by atoms with E-state index < -0.39 is 5.82 Å². The number of aromatic nitrogens is 2. The number of anilines is 1. The highest BCUT2D eigenvalue weighted by molar-refractivity contribution is 7.22. The number of benzene rings is 1. The second kappa shape index (κ2) is 6.14. The minimum Gasteiger partial charge on any atom is -0.453 e. The first-order valence-corrected chi connectivity index (χ1v) is 8.31. The van der Waals surface area contributed by atoms with E-state index >= 15 is 0 Å². The van der Waals surface area contributed by atoms with Crippen molar-refractivity contribution in [3.63, 3.8) is 0 Å². The van der Waals surface area contributed by atoms with Crippen molar-refractivity contribution in [2.24, 2.45) is 0 Å². The molecular formula is C19H13FN3OS. The monoisotopic (exact) mass is 350 g/mol. The summed E-state index contributed by atoms with van der Waals surface area (Å²) in [6.45, 7) is 3.84. The van der Waals surface area contributed by atoms with Gasteiger partial charge in [-0.3, -0.25) is 9.97 Å². The molecule has 1 aromatic carbocycles. The van der Waals surface area contributed by atoms with Gasteiger partial charge in [-0.05, 0) is 36.8 Å². The quantitative estimate of drug-likeness (QED) is 0.525. The maximum absolute atomic E-state index is 14.0. The number of halogens is 1. The van der Waals surface area contributed by atoms with Crippen LogP contribution in [0.1, 0.15) is 5.56 Å². The van der Waals surface area contributed by atoms with Gasteiger partial charge in [-0.15, -0.1) is 11.3 Å². The third-order valence-electron chi connectivity index (χ3n) is 3.63. The summed E-state index contributed by atoms with van der Waals surface area (Å²) >= 11 is 1.49. The Hall–Kier alpha value is -2.99. The Labute approximate surface area is 147 Å². The van der Waals surface area contributed by atoms with Crippen molar-refractivity contribution in [2.45, 2.75) is 0 Å². The van der Waals surface area contributed by atoms with Crippen LogP contribution in [0.4, 0.5) is 10.1 Å². The van der Waals surface area contributed by atoms with Crippen molar-refractivity contribution in [3.05, 3.63) is 73.2 Å². The van der Waals surface area contributed by atoms with Gasteiger partial charge in [0.2, 0.25) is 0 Å². The summed E-state index contributed by atoms with van der Waals surface area (Å²) in [5.41, 5.74) is 8.38. The summed E-state index contributed by atoms with van der Waals surface area (Å²) in [4.78, 5) is 9.70. The molecule has 0 aliphatic carbocycles. The van der Waals surface area contributed by atoms with Gasteiger partial charge >= 0.3 is 0 Å². The average Bonchev–Trinajstić information content (AvgIpc) is 3.03. The summed E-state index contributed by atoms with van der Waals surface area (Å²) in [7, 11) is 0. The molecule has 0 amide bonds. The van der Waals surface area contributed by atoms with Crippen LogP contribution in [0, 0.1) is 12.7 Å². The van der Waals surface area contributed by atoms with Gasteiger partial charge < -0.3 is 10.5 Å². The number of ether oxygens (including phenoxy) is 1. The Morgan fingerprint density at radius 3 is 2.68 bits per heavy atom. The van der Waals surface area contributed by atoms with Crippen molar-refractivity contribution < 1.29 is 9.13 Å². The minimum absolute atomic E-state index is 0.121. The highest BCUT2D eigenvalue weighted by Gasteiger charge is 2.13. The summed E-state index contributed by atoms with van der Waals surface area (Å²) in [5, 5.41) is 0. The normalized spacial score (nSPS) is 11.0. The molecule has 123 valence electrons. The number of hydrogen-bond acceptors (Lipinski definition) is 5. The molecule has 25 heavy (non-hydrogen) atoms. The fourth-order valence-electron chi connectivity index (χ4n) is 2.41. The van der Waals surface area contributed by atoms with Gasteiger partial charge in [-0.25, -0.2) is 4.39 Å². The number of nitrogens with two attached hydrogens (primary N) is 1. The molecule has 0 bridgehead atoms. The topological polar surface area (TPSA) is 61.0 Å². The van der Waals surface area contributed by atoms with Gasteiger partial charge in [0.1, 0.15) is 5.75 Å². The smallest absolute Gasteiger partial charge is 0.167 e. The van der Waals surface area contributed by atoms with Crippen LogP contribution in [0.2, 0.25) is 0 Å². The fraction of sp³-hybridized carbons (Fsp3) is 0. The van der Waals surface area contributed by atoms with Gasteiger partial charge in [-0.2, -0.15) is 0 Å². The van der Waals surface area contributed by atoms with Crippen molar-refractivity contribution >= 4 is 27.2 Å². The Morgan fingerprint density at radius 1 is 1.04 bits per heavy atom. The molecule has 4 nitrogen and oxygen atoms in total. The molecule has 0 unspecified atom stereocenters. The molecule has 0 saturated carbocycles. The number of rotatable bonds is 3. The lowest BCUT2D eigenvalue weighted by Crippen LogP contribution is -1.91. The van der Waals surface area contributed by atoms with Gasteiger partial charge in [0.15, 0.2) is 11.6 Å². The molecule has 4 rings (SSSR count). The van der Waals surface area contributed by atoms with Crippen LogP contribution in [0.3, 0.4) is 0 Å². The first kappa shape index (κ1) is 15.5. The summed E-state index contributed by atoms with van der Waals surface area (Å²) < 4.78 is 20.6. The summed E-state index contributed by atoms with van der Waals surface area (Å²) in [6, 6.07) is 11.8. The molecule has 0 aliphatic rings. The molecule has 6 heteroatoms. The van der Waals surface area contributed by atoms with E-state index in [2.05, 4.69) is 16.9 Å². The molecule has 3 heterocycles. The first-order valence-electron chi connectivity index (χ1n) is 7.50. The zero-order valence-corrected chi connectivity index (χ0v) is 13.9. The predicted octanol–water partition coefficient (Wildman–Crippen LogP) is 5.05. The third kappa shape index (κ3) is 3.04. The molecule has 0 aliphatic heterocycles. The highest BCUT2D eigenvalue weighted by atomic mass is 32.1. The molecule has 0 spiro atoms. The Morgan fingerprint density at radius 2 is 1.92 bits per heavy atom. The molecular weight excluding hydrogens is 337 g/mol. The molecule has 1 radical (unpaired) electrons. The second-order valence-electron chi connectivity index (χ2n) is 5.48. The average molecular weight is 350 g/mol. The third-order valence-corrected chi connectivity index (χ3v) is 4.79. The molecule has 0 saturated heterocycles. The molecule has 0 fully saturated rings. The number of hydrogen-bond donors (Lipinski definition) is 1. The molecule has 2 N–H and O–H groups in total. The summed E-state index contributed by atoms with van der Waals surface area (Å²) in [6.07, 6.45) is 3.35. The Kier molecular flexibility index (Phi) is 3.82. The molecule has 4 aromatic rings. The zero-order valence-electron chi connectivity index (χ0n) is 13.1. The Balaban J connectivity index is 1.76. The minimum atomic E-state index is -0.505. The van der Waals surface area contributed by atoms with Crippen molar-refractivity contribution in [1.29, 1.82) is 0 Å². The van der Waals surface area contributed by atoms with E-state index in [4.69, 9.17) is 10.5 Å². The van der Waals surface area contributed by atoms with Crippen LogP contribution < -0.4 is 10.5 Å². The second-order valence-corrected chi connectivity index (χ2v) is 6.53. The Bertz CT molecular complexity index is 1060. The number of nitrogens with zero attached hydrogens (tertiary/aromatic N) is 2. The number of nitrogen functional groups attached to an aromatic ring is 1. The van der Waals surface area contributed by atoms with Crippen molar-refractivity contribution in [3.8, 4) is 22.1 Å². The molecule has 0 atom stereocenters. The predicted molar refractivity (Wildman–Crippen MR) is 98.2 cm³/mol. The van der Waals surface area contributed by atoms with Crippen LogP contribution in [-0.4, -0.2) is 9.97 Å². The van der Waals surface area contributed by atoms with E-state index in [0.717, 1.165) is 26.4 Å². The van der Waals surface area contributed by atoms with Crippen LogP contribution >= 0.6 is 11.3 Å². The van der Waals surface area contributed by atoms with Gasteiger partial charge in [-0.1, -0.05) is 6.07 Å². The lowest BCUT2D eigenvalue weighted by molar-refractivity contribution is 0.447. The van der Waals surface area contributed by atoms with E-state index in [9.17, 15) is 4.39 Å². The van der Waals surface area contributed by atoms with Crippen LogP contribution in [0.25, 0.3) is 20.8 Å². The molecule has 3 aromatic heterocycles. The van der Waals surface area contributed by atoms with Gasteiger partial charge in [0, 0.05) is 30.2 Å². The van der Waals surface area contributed by atoms with Crippen molar-refractivity contribution in [1.82, 2.24) is 9.97 Å². The summed E-state index contributed by atoms with van der Waals surface area (Å²) in [5.74, 6) is 0.157. The fourth-order valence-corrected chi connectivity index (χ4v) is 3.45. The van der Waals surface area contributed by atoms with E-state index in [0.29, 0.717) is 11.4 Å². The van der Waals surface area contributed by atoms with Crippen LogP contribution in [0.5, 0.6) is 11.5 Å². The van der Waals surface area contributed by atoms with Crippen LogP contribution in [-0.2, 0) is 0 Å². The SMILES string of the molecule is [CH2]c1ccc(-c2cc3nccc(Oc4ccc(N)cc4F)c3s2)nc1. The standard InChI is InChI=1S/C19H13FN3OS/c1-11-2-4-14(23-10-11)18-9-15-19(25-18)17(6-7-22-15)24-16-5-3-12(21)8-13(16)20/h2-10H,1,21H2. The lowest BCUT2D eigenvalue weighted by Gasteiger charge is -2.07. The first-order chi connectivity index (χ1) is 12.1. The number of fused-ring (bicyclic) bond motifs is 1. The highest BCUT2D eigenvalue weighted by Crippen LogP contribution is 2.39. The zero-order chi connectivity index (χ0) is 17.4. The van der Waals surface area contributed by atoms with Crippen molar-refractivity contribution in [2.75, 3.05) is 5.73 Å². The largest absolute Gasteiger partial charge is 0.453 e. The van der Waals surface area contributed by atoms with E-state index in [1.807, 2.05) is 18.2 Å². The van der Waals surface area contributed by atoms with Crippen LogP contribution in [0.15, 0.2) is 54.9 Å². The van der Waals surface area contributed by atoms with Gasteiger partial charge in [0.25, 0.3) is 0 Å². The number of thiophene rings is 1. The van der Waals surface area contributed by atoms with E-state index in [-0.39, 0.29) is 5.75 Å². The number of pyridine rings is 2. The van der Waals surface area contributed by atoms with E-state index in [1.165, 1.54) is 23.5 Å². The lowest BCUT2D eigenvalue weighted by atomic mass is 10.2. The maximum Gasteiger partial charge on any atom is 0.167 e.